The van der Waals surface area contributed by atoms with Gasteiger partial charge in [0.25, 0.3) is 0 Å². The van der Waals surface area contributed by atoms with Gasteiger partial charge in [0.2, 0.25) is 5.91 Å². The van der Waals surface area contributed by atoms with Crippen LogP contribution in [0.2, 0.25) is 0 Å². The van der Waals surface area contributed by atoms with Crippen molar-refractivity contribution in [3.63, 3.8) is 0 Å². The summed E-state index contributed by atoms with van der Waals surface area (Å²) in [6.45, 7) is 2.77. The van der Waals surface area contributed by atoms with Crippen LogP contribution >= 0.6 is 0 Å². The first-order chi connectivity index (χ1) is 12.8. The molecule has 1 heterocycles. The third-order valence-electron chi connectivity index (χ3n) is 4.50. The van der Waals surface area contributed by atoms with Gasteiger partial charge < -0.3 is 9.64 Å². The molecule has 2 aromatic rings. The van der Waals surface area contributed by atoms with Gasteiger partial charge in [-0.2, -0.15) is 5.26 Å². The van der Waals surface area contributed by atoms with E-state index in [0.717, 1.165) is 17.8 Å². The minimum absolute atomic E-state index is 0.0120. The van der Waals surface area contributed by atoms with Gasteiger partial charge in [-0.3, -0.25) is 9.69 Å². The molecule has 0 spiro atoms. The maximum absolute atomic E-state index is 12.9. The molecule has 3 rings (SSSR count). The van der Waals surface area contributed by atoms with E-state index in [1.54, 1.807) is 4.90 Å². The van der Waals surface area contributed by atoms with E-state index in [0.29, 0.717) is 32.7 Å². The van der Waals surface area contributed by atoms with Crippen LogP contribution in [-0.4, -0.2) is 43.6 Å². The molecule has 1 atom stereocenters. The lowest BCUT2D eigenvalue weighted by atomic mass is 10.1. The van der Waals surface area contributed by atoms with E-state index in [1.807, 2.05) is 48.5 Å². The minimum atomic E-state index is -0.0120. The molecular formula is C21H23N3O2. The fourth-order valence-corrected chi connectivity index (χ4v) is 3.16. The molecule has 1 amide bonds. The van der Waals surface area contributed by atoms with Crippen molar-refractivity contribution in [1.29, 1.82) is 5.26 Å². The summed E-state index contributed by atoms with van der Waals surface area (Å²) < 4.78 is 5.88. The molecule has 0 saturated carbocycles. The SMILES string of the molecule is N#CCCN(C(=O)CN1CCOC(c2ccccc2)C1)c1ccccc1. The molecule has 1 aliphatic rings. The lowest BCUT2D eigenvalue weighted by Crippen LogP contribution is -2.46. The maximum atomic E-state index is 12.9. The first-order valence-electron chi connectivity index (χ1n) is 8.89. The van der Waals surface area contributed by atoms with Crippen LogP contribution in [0.5, 0.6) is 0 Å². The van der Waals surface area contributed by atoms with Gasteiger partial charge >= 0.3 is 0 Å². The molecular weight excluding hydrogens is 326 g/mol. The predicted molar refractivity (Wildman–Crippen MR) is 101 cm³/mol. The summed E-state index contributed by atoms with van der Waals surface area (Å²) in [7, 11) is 0. The number of carbonyl (C=O) groups excluding carboxylic acids is 1. The summed E-state index contributed by atoms with van der Waals surface area (Å²) in [6.07, 6.45) is 0.304. The van der Waals surface area contributed by atoms with Gasteiger partial charge in [0.15, 0.2) is 0 Å². The van der Waals surface area contributed by atoms with Crippen LogP contribution in [0.25, 0.3) is 0 Å². The van der Waals surface area contributed by atoms with Crippen molar-refractivity contribution in [1.82, 2.24) is 4.90 Å². The molecule has 134 valence electrons. The molecule has 0 aliphatic carbocycles. The molecule has 0 bridgehead atoms. The molecule has 1 fully saturated rings. The summed E-state index contributed by atoms with van der Waals surface area (Å²) in [5.41, 5.74) is 1.97. The number of morpholine rings is 1. The Hall–Kier alpha value is -2.68. The molecule has 2 aromatic carbocycles. The smallest absolute Gasteiger partial charge is 0.241 e. The number of para-hydroxylation sites is 1. The summed E-state index contributed by atoms with van der Waals surface area (Å²) in [6, 6.07) is 21.8. The van der Waals surface area contributed by atoms with Gasteiger partial charge in [-0.25, -0.2) is 0 Å². The number of carbonyl (C=O) groups is 1. The molecule has 26 heavy (non-hydrogen) atoms. The Balaban J connectivity index is 1.66. The molecule has 0 radical (unpaired) electrons. The summed E-state index contributed by atoms with van der Waals surface area (Å²) in [5, 5.41) is 8.91. The Morgan fingerprint density at radius 2 is 1.85 bits per heavy atom. The van der Waals surface area contributed by atoms with E-state index in [-0.39, 0.29) is 12.0 Å². The van der Waals surface area contributed by atoms with E-state index in [1.165, 1.54) is 0 Å². The summed E-state index contributed by atoms with van der Waals surface area (Å²) >= 11 is 0. The third kappa shape index (κ3) is 4.69. The fraction of sp³-hybridized carbons (Fsp3) is 0.333. The highest BCUT2D eigenvalue weighted by molar-refractivity contribution is 5.94. The average Bonchev–Trinajstić information content (AvgIpc) is 2.70. The third-order valence-corrected chi connectivity index (χ3v) is 4.50. The zero-order chi connectivity index (χ0) is 18.2. The molecule has 5 heteroatoms. The van der Waals surface area contributed by atoms with E-state index < -0.39 is 0 Å². The Bertz CT molecular complexity index is 743. The van der Waals surface area contributed by atoms with Gasteiger partial charge in [0, 0.05) is 25.3 Å². The van der Waals surface area contributed by atoms with Crippen LogP contribution in [0, 0.1) is 11.3 Å². The van der Waals surface area contributed by atoms with Crippen LogP contribution in [0.1, 0.15) is 18.1 Å². The normalized spacial score (nSPS) is 17.4. The molecule has 1 aliphatic heterocycles. The molecule has 0 aromatic heterocycles. The number of amides is 1. The van der Waals surface area contributed by atoms with Crippen molar-refractivity contribution in [2.75, 3.05) is 37.7 Å². The monoisotopic (exact) mass is 349 g/mol. The standard InChI is InChI=1S/C21H23N3O2/c22-12-7-13-24(19-10-5-2-6-11-19)21(25)17-23-14-15-26-20(16-23)18-8-3-1-4-9-18/h1-6,8-11,20H,7,13-17H2. The van der Waals surface area contributed by atoms with Crippen LogP contribution < -0.4 is 4.90 Å². The molecule has 0 N–H and O–H groups in total. The van der Waals surface area contributed by atoms with Crippen molar-refractivity contribution in [3.05, 3.63) is 66.2 Å². The Labute approximate surface area is 154 Å². The van der Waals surface area contributed by atoms with Crippen molar-refractivity contribution < 1.29 is 9.53 Å². The van der Waals surface area contributed by atoms with E-state index >= 15 is 0 Å². The van der Waals surface area contributed by atoms with Crippen LogP contribution in [0.3, 0.4) is 0 Å². The van der Waals surface area contributed by atoms with Crippen LogP contribution in [-0.2, 0) is 9.53 Å². The predicted octanol–water partition coefficient (Wildman–Crippen LogP) is 3.01. The number of nitriles is 1. The van der Waals surface area contributed by atoms with Gasteiger partial charge in [-0.15, -0.1) is 0 Å². The van der Waals surface area contributed by atoms with Crippen LogP contribution in [0.15, 0.2) is 60.7 Å². The van der Waals surface area contributed by atoms with E-state index in [2.05, 4.69) is 23.1 Å². The lowest BCUT2D eigenvalue weighted by molar-refractivity contribution is -0.121. The van der Waals surface area contributed by atoms with Gasteiger partial charge in [0.1, 0.15) is 0 Å². The number of anilines is 1. The Morgan fingerprint density at radius 3 is 2.54 bits per heavy atom. The second kappa shape index (κ2) is 9.14. The average molecular weight is 349 g/mol. The van der Waals surface area contributed by atoms with Crippen molar-refractivity contribution in [2.24, 2.45) is 0 Å². The minimum Gasteiger partial charge on any atom is -0.371 e. The number of benzene rings is 2. The highest BCUT2D eigenvalue weighted by Crippen LogP contribution is 2.22. The van der Waals surface area contributed by atoms with E-state index in [4.69, 9.17) is 10.00 Å². The fourth-order valence-electron chi connectivity index (χ4n) is 3.16. The molecule has 5 nitrogen and oxygen atoms in total. The lowest BCUT2D eigenvalue weighted by Gasteiger charge is -2.34. The first-order valence-corrected chi connectivity index (χ1v) is 8.89. The Kier molecular flexibility index (Phi) is 6.37. The molecule has 1 saturated heterocycles. The largest absolute Gasteiger partial charge is 0.371 e. The summed E-state index contributed by atoms with van der Waals surface area (Å²) in [5.74, 6) is 0.0140. The number of hydrogen-bond donors (Lipinski definition) is 0. The highest BCUT2D eigenvalue weighted by Gasteiger charge is 2.25. The van der Waals surface area contributed by atoms with Gasteiger partial charge in [0.05, 0.1) is 31.7 Å². The van der Waals surface area contributed by atoms with Crippen molar-refractivity contribution in [2.45, 2.75) is 12.5 Å². The van der Waals surface area contributed by atoms with Crippen molar-refractivity contribution >= 4 is 11.6 Å². The van der Waals surface area contributed by atoms with Crippen molar-refractivity contribution in [3.8, 4) is 6.07 Å². The zero-order valence-corrected chi connectivity index (χ0v) is 14.8. The maximum Gasteiger partial charge on any atom is 0.241 e. The number of ether oxygens (including phenoxy) is 1. The topological polar surface area (TPSA) is 56.6 Å². The number of rotatable bonds is 6. The highest BCUT2D eigenvalue weighted by atomic mass is 16.5. The second-order valence-electron chi connectivity index (χ2n) is 6.29. The number of nitrogens with zero attached hydrogens (tertiary/aromatic N) is 3. The number of hydrogen-bond acceptors (Lipinski definition) is 4. The van der Waals surface area contributed by atoms with Gasteiger partial charge in [-0.05, 0) is 17.7 Å². The second-order valence-corrected chi connectivity index (χ2v) is 6.29. The summed E-state index contributed by atoms with van der Waals surface area (Å²) in [4.78, 5) is 16.7. The Morgan fingerprint density at radius 1 is 1.15 bits per heavy atom. The van der Waals surface area contributed by atoms with Gasteiger partial charge in [-0.1, -0.05) is 48.5 Å². The van der Waals surface area contributed by atoms with E-state index in [9.17, 15) is 4.79 Å². The quantitative estimate of drug-likeness (QED) is 0.804. The first kappa shape index (κ1) is 18.1. The molecule has 1 unspecified atom stereocenters. The zero-order valence-electron chi connectivity index (χ0n) is 14.8. The van der Waals surface area contributed by atoms with Crippen LogP contribution in [0.4, 0.5) is 5.69 Å².